The minimum Gasteiger partial charge on any atom is -0.304 e. The molecule has 0 aliphatic carbocycles. The number of hydrogen-bond acceptors (Lipinski definition) is 2. The molecule has 0 bridgehead atoms. The van der Waals surface area contributed by atoms with Crippen molar-refractivity contribution in [2.75, 3.05) is 16.8 Å². The van der Waals surface area contributed by atoms with Gasteiger partial charge < -0.3 is 4.90 Å². The summed E-state index contributed by atoms with van der Waals surface area (Å²) in [6, 6.07) is 1.68. The van der Waals surface area contributed by atoms with Crippen molar-refractivity contribution in [3.63, 3.8) is 0 Å². The molecule has 1 atom stereocenters. The zero-order valence-corrected chi connectivity index (χ0v) is 11.1. The lowest BCUT2D eigenvalue weighted by atomic mass is 10.1. The van der Waals surface area contributed by atoms with E-state index in [1.807, 2.05) is 6.92 Å². The number of alkyl halides is 1. The number of nitrogens with zero attached hydrogens (tertiary/aromatic N) is 1. The van der Waals surface area contributed by atoms with Crippen LogP contribution in [0, 0.1) is 17.6 Å². The van der Waals surface area contributed by atoms with Gasteiger partial charge in [-0.05, 0) is 12.0 Å². The van der Waals surface area contributed by atoms with E-state index >= 15 is 0 Å². The van der Waals surface area contributed by atoms with Gasteiger partial charge in [0.25, 0.3) is 11.7 Å². The van der Waals surface area contributed by atoms with Crippen LogP contribution in [0.1, 0.15) is 17.3 Å². The number of carbonyl (C=O) groups excluding carboxylic acids is 2. The van der Waals surface area contributed by atoms with Gasteiger partial charge in [-0.2, -0.15) is 0 Å². The van der Waals surface area contributed by atoms with E-state index in [2.05, 4.69) is 15.9 Å². The fourth-order valence-corrected chi connectivity index (χ4v) is 2.04. The normalized spacial score (nSPS) is 16.1. The van der Waals surface area contributed by atoms with Crippen molar-refractivity contribution >= 4 is 33.3 Å². The number of Topliss-reactive ketones (excluding diaryl/α,β-unsaturated/α-hetero) is 1. The highest BCUT2D eigenvalue weighted by Crippen LogP contribution is 2.31. The van der Waals surface area contributed by atoms with E-state index in [9.17, 15) is 18.4 Å². The lowest BCUT2D eigenvalue weighted by molar-refractivity contribution is -0.114. The zero-order chi connectivity index (χ0) is 13.4. The van der Waals surface area contributed by atoms with E-state index in [0.717, 1.165) is 12.1 Å². The number of ketones is 1. The van der Waals surface area contributed by atoms with E-state index in [4.69, 9.17) is 0 Å². The first-order chi connectivity index (χ1) is 8.45. The highest BCUT2D eigenvalue weighted by Gasteiger charge is 2.37. The summed E-state index contributed by atoms with van der Waals surface area (Å²) in [6.07, 6.45) is 0. The molecule has 6 heteroatoms. The Morgan fingerprint density at radius 3 is 2.50 bits per heavy atom. The van der Waals surface area contributed by atoms with Gasteiger partial charge in [0, 0.05) is 17.9 Å². The summed E-state index contributed by atoms with van der Waals surface area (Å²) in [4.78, 5) is 24.6. The first-order valence-corrected chi connectivity index (χ1v) is 6.49. The molecule has 0 N–H and O–H groups in total. The van der Waals surface area contributed by atoms with Gasteiger partial charge in [-0.3, -0.25) is 9.59 Å². The summed E-state index contributed by atoms with van der Waals surface area (Å²) in [6.45, 7) is 2.16. The van der Waals surface area contributed by atoms with E-state index in [0.29, 0.717) is 5.33 Å². The van der Waals surface area contributed by atoms with E-state index < -0.39 is 23.3 Å². The molecule has 0 saturated heterocycles. The number of amides is 1. The van der Waals surface area contributed by atoms with E-state index in [1.165, 1.54) is 4.90 Å². The fraction of sp³-hybridized carbons (Fsp3) is 0.333. The van der Waals surface area contributed by atoms with Crippen LogP contribution in [0.5, 0.6) is 0 Å². The van der Waals surface area contributed by atoms with Gasteiger partial charge in [0.05, 0.1) is 11.3 Å². The van der Waals surface area contributed by atoms with Gasteiger partial charge in [0.2, 0.25) is 0 Å². The first kappa shape index (κ1) is 13.1. The van der Waals surface area contributed by atoms with Gasteiger partial charge in [-0.15, -0.1) is 0 Å². The topological polar surface area (TPSA) is 37.4 Å². The molecule has 0 saturated carbocycles. The van der Waals surface area contributed by atoms with E-state index in [-0.39, 0.29) is 23.7 Å². The number of rotatable bonds is 3. The average molecular weight is 318 g/mol. The van der Waals surface area contributed by atoms with Crippen molar-refractivity contribution in [3.8, 4) is 0 Å². The molecular weight excluding hydrogens is 308 g/mol. The predicted octanol–water partition coefficient (Wildman–Crippen LogP) is 2.53. The molecule has 0 fully saturated rings. The van der Waals surface area contributed by atoms with Crippen LogP contribution < -0.4 is 4.90 Å². The first-order valence-electron chi connectivity index (χ1n) is 5.37. The average Bonchev–Trinajstić information content (AvgIpc) is 2.56. The highest BCUT2D eigenvalue weighted by atomic mass is 79.9. The molecule has 1 amide bonds. The lowest BCUT2D eigenvalue weighted by Gasteiger charge is -2.19. The third-order valence-electron chi connectivity index (χ3n) is 2.77. The Bertz CT molecular complexity index is 533. The molecule has 1 aromatic rings. The summed E-state index contributed by atoms with van der Waals surface area (Å²) >= 11 is 3.27. The van der Waals surface area contributed by atoms with Gasteiger partial charge in [0.1, 0.15) is 0 Å². The minimum absolute atomic E-state index is 0.0688. The third-order valence-corrected chi connectivity index (χ3v) is 3.88. The molecule has 1 aliphatic heterocycles. The molecule has 1 heterocycles. The third kappa shape index (κ3) is 2.05. The van der Waals surface area contributed by atoms with Crippen LogP contribution in [-0.4, -0.2) is 23.6 Å². The molecule has 0 radical (unpaired) electrons. The Labute approximate surface area is 111 Å². The van der Waals surface area contributed by atoms with Crippen molar-refractivity contribution in [1.29, 1.82) is 0 Å². The predicted molar refractivity (Wildman–Crippen MR) is 66.0 cm³/mol. The summed E-state index contributed by atoms with van der Waals surface area (Å²) < 4.78 is 26.3. The van der Waals surface area contributed by atoms with Crippen molar-refractivity contribution in [2.24, 2.45) is 5.92 Å². The SMILES string of the molecule is CC(CBr)CN1C(=O)C(=O)c2cc(F)c(F)cc21. The Hall–Kier alpha value is -1.30. The van der Waals surface area contributed by atoms with Crippen molar-refractivity contribution in [2.45, 2.75) is 6.92 Å². The second-order valence-corrected chi connectivity index (χ2v) is 4.94. The molecule has 1 aliphatic rings. The number of carbonyl (C=O) groups is 2. The second-order valence-electron chi connectivity index (χ2n) is 4.29. The minimum atomic E-state index is -1.12. The maximum Gasteiger partial charge on any atom is 0.299 e. The van der Waals surface area contributed by atoms with Crippen LogP contribution in [0.25, 0.3) is 0 Å². The summed E-state index contributed by atoms with van der Waals surface area (Å²) in [5.41, 5.74) is 0.0809. The zero-order valence-electron chi connectivity index (χ0n) is 9.54. The molecule has 96 valence electrons. The quantitative estimate of drug-likeness (QED) is 0.634. The number of anilines is 1. The molecule has 18 heavy (non-hydrogen) atoms. The number of fused-ring (bicyclic) bond motifs is 1. The Kier molecular flexibility index (Phi) is 3.47. The summed E-state index contributed by atoms with van der Waals surface area (Å²) in [5, 5.41) is 0.643. The molecule has 1 aromatic carbocycles. The van der Waals surface area contributed by atoms with Gasteiger partial charge in [0.15, 0.2) is 11.6 Å². The van der Waals surface area contributed by atoms with Gasteiger partial charge in [-0.25, -0.2) is 8.78 Å². The molecule has 0 aromatic heterocycles. The Balaban J connectivity index is 2.45. The van der Waals surface area contributed by atoms with Crippen LogP contribution in [0.2, 0.25) is 0 Å². The largest absolute Gasteiger partial charge is 0.304 e. The van der Waals surface area contributed by atoms with Crippen LogP contribution in [0.3, 0.4) is 0 Å². The smallest absolute Gasteiger partial charge is 0.299 e. The fourth-order valence-electron chi connectivity index (χ4n) is 1.83. The van der Waals surface area contributed by atoms with E-state index in [1.54, 1.807) is 0 Å². The van der Waals surface area contributed by atoms with Gasteiger partial charge in [-0.1, -0.05) is 22.9 Å². The van der Waals surface area contributed by atoms with Crippen LogP contribution >= 0.6 is 15.9 Å². The molecule has 2 rings (SSSR count). The lowest BCUT2D eigenvalue weighted by Crippen LogP contribution is -2.34. The van der Waals surface area contributed by atoms with Crippen molar-refractivity contribution in [3.05, 3.63) is 29.3 Å². The van der Waals surface area contributed by atoms with Crippen LogP contribution in [0.4, 0.5) is 14.5 Å². The highest BCUT2D eigenvalue weighted by molar-refractivity contribution is 9.09. The molecule has 3 nitrogen and oxygen atoms in total. The van der Waals surface area contributed by atoms with Crippen molar-refractivity contribution in [1.82, 2.24) is 0 Å². The van der Waals surface area contributed by atoms with Crippen LogP contribution in [-0.2, 0) is 4.79 Å². The summed E-state index contributed by atoms with van der Waals surface area (Å²) in [5.74, 6) is -3.60. The second kappa shape index (κ2) is 4.76. The number of halogens is 3. The Morgan fingerprint density at radius 2 is 1.89 bits per heavy atom. The van der Waals surface area contributed by atoms with Crippen molar-refractivity contribution < 1.29 is 18.4 Å². The molecule has 0 spiro atoms. The standard InChI is InChI=1S/C12H10BrF2NO2/c1-6(4-13)5-16-10-3-9(15)8(14)2-7(10)11(17)12(16)18/h2-3,6H,4-5H2,1H3. The monoisotopic (exact) mass is 317 g/mol. The number of benzene rings is 1. The molecule has 1 unspecified atom stereocenters. The molecular formula is C12H10BrF2NO2. The summed E-state index contributed by atoms with van der Waals surface area (Å²) in [7, 11) is 0. The Morgan fingerprint density at radius 1 is 1.28 bits per heavy atom. The number of hydrogen-bond donors (Lipinski definition) is 0. The maximum absolute atomic E-state index is 13.2. The van der Waals surface area contributed by atoms with Crippen LogP contribution in [0.15, 0.2) is 12.1 Å². The van der Waals surface area contributed by atoms with Gasteiger partial charge >= 0.3 is 0 Å². The maximum atomic E-state index is 13.2.